The number of aliphatic hydroxyl groups is 1. The number of rotatable bonds is 6. The zero-order valence-corrected chi connectivity index (χ0v) is 12.8. The molecule has 1 atom stereocenters. The Balaban J connectivity index is 1.87. The Morgan fingerprint density at radius 2 is 1.75 bits per heavy atom. The molecule has 0 radical (unpaired) electrons. The van der Waals surface area contributed by atoms with E-state index in [4.69, 9.17) is 0 Å². The largest absolute Gasteiger partial charge is 0.395 e. The Hall–Kier alpha value is -1.06. The summed E-state index contributed by atoms with van der Waals surface area (Å²) < 4.78 is 0. The fourth-order valence-electron chi connectivity index (χ4n) is 2.74. The van der Waals surface area contributed by atoms with Crippen LogP contribution in [0.5, 0.6) is 0 Å². The third-order valence-corrected chi connectivity index (χ3v) is 4.23. The Morgan fingerprint density at radius 1 is 1.10 bits per heavy atom. The van der Waals surface area contributed by atoms with Crippen LogP contribution >= 0.6 is 0 Å². The maximum absolute atomic E-state index is 9.32. The second-order valence-electron chi connectivity index (χ2n) is 6.13. The van der Waals surface area contributed by atoms with Crippen LogP contribution in [0.15, 0.2) is 24.3 Å². The SMILES string of the molecule is CC(C)C(CO)NCc1ccc(N2CCCCC2)cc1. The van der Waals surface area contributed by atoms with Crippen molar-refractivity contribution in [1.29, 1.82) is 0 Å². The summed E-state index contributed by atoms with van der Waals surface area (Å²) in [4.78, 5) is 2.48. The Kier molecular flexibility index (Phi) is 5.86. The van der Waals surface area contributed by atoms with Gasteiger partial charge in [-0.25, -0.2) is 0 Å². The van der Waals surface area contributed by atoms with E-state index in [9.17, 15) is 5.11 Å². The molecule has 0 amide bonds. The second-order valence-corrected chi connectivity index (χ2v) is 6.13. The van der Waals surface area contributed by atoms with Crippen LogP contribution in [0, 0.1) is 5.92 Å². The Bertz CT molecular complexity index is 382. The molecule has 1 aliphatic rings. The van der Waals surface area contributed by atoms with Gasteiger partial charge in [0.25, 0.3) is 0 Å². The lowest BCUT2D eigenvalue weighted by molar-refractivity contribution is 0.210. The molecule has 3 heteroatoms. The topological polar surface area (TPSA) is 35.5 Å². The van der Waals surface area contributed by atoms with Crippen LogP contribution in [0.25, 0.3) is 0 Å². The summed E-state index contributed by atoms with van der Waals surface area (Å²) in [7, 11) is 0. The van der Waals surface area contributed by atoms with E-state index in [1.54, 1.807) is 0 Å². The van der Waals surface area contributed by atoms with E-state index in [1.165, 1.54) is 43.6 Å². The zero-order chi connectivity index (χ0) is 14.4. The summed E-state index contributed by atoms with van der Waals surface area (Å²) >= 11 is 0. The molecular formula is C17H28N2O. The molecule has 0 saturated carbocycles. The van der Waals surface area contributed by atoms with E-state index in [0.717, 1.165) is 6.54 Å². The Morgan fingerprint density at radius 3 is 2.30 bits per heavy atom. The molecular weight excluding hydrogens is 248 g/mol. The van der Waals surface area contributed by atoms with Gasteiger partial charge in [0.15, 0.2) is 0 Å². The molecule has 112 valence electrons. The van der Waals surface area contributed by atoms with E-state index in [2.05, 4.69) is 48.3 Å². The van der Waals surface area contributed by atoms with Crippen molar-refractivity contribution in [3.8, 4) is 0 Å². The maximum atomic E-state index is 9.32. The van der Waals surface area contributed by atoms with Crippen molar-refractivity contribution in [3.05, 3.63) is 29.8 Å². The predicted octanol–water partition coefficient (Wildman–Crippen LogP) is 2.78. The van der Waals surface area contributed by atoms with Gasteiger partial charge < -0.3 is 15.3 Å². The van der Waals surface area contributed by atoms with Crippen molar-refractivity contribution in [2.24, 2.45) is 5.92 Å². The monoisotopic (exact) mass is 276 g/mol. The summed E-state index contributed by atoms with van der Waals surface area (Å²) in [6.45, 7) is 7.67. The van der Waals surface area contributed by atoms with Gasteiger partial charge in [-0.15, -0.1) is 0 Å². The molecule has 1 aliphatic heterocycles. The van der Waals surface area contributed by atoms with Gasteiger partial charge in [0.2, 0.25) is 0 Å². The second kappa shape index (κ2) is 7.65. The molecule has 1 saturated heterocycles. The fourth-order valence-corrected chi connectivity index (χ4v) is 2.74. The first kappa shape index (κ1) is 15.3. The van der Waals surface area contributed by atoms with Crippen molar-refractivity contribution in [1.82, 2.24) is 5.32 Å². The van der Waals surface area contributed by atoms with Crippen LogP contribution in [0.2, 0.25) is 0 Å². The quantitative estimate of drug-likeness (QED) is 0.838. The van der Waals surface area contributed by atoms with Crippen molar-refractivity contribution < 1.29 is 5.11 Å². The molecule has 1 aromatic carbocycles. The predicted molar refractivity (Wildman–Crippen MR) is 85.1 cm³/mol. The average Bonchev–Trinajstić information content (AvgIpc) is 2.49. The minimum Gasteiger partial charge on any atom is -0.395 e. The number of nitrogens with one attached hydrogen (secondary N) is 1. The first-order valence-electron chi connectivity index (χ1n) is 7.89. The zero-order valence-electron chi connectivity index (χ0n) is 12.8. The number of hydrogen-bond donors (Lipinski definition) is 2. The van der Waals surface area contributed by atoms with Gasteiger partial charge in [-0.1, -0.05) is 26.0 Å². The van der Waals surface area contributed by atoms with Gasteiger partial charge in [0, 0.05) is 31.4 Å². The van der Waals surface area contributed by atoms with Crippen LogP contribution in [0.4, 0.5) is 5.69 Å². The molecule has 0 bridgehead atoms. The molecule has 2 N–H and O–H groups in total. The third kappa shape index (κ3) is 4.22. The van der Waals surface area contributed by atoms with E-state index < -0.39 is 0 Å². The summed E-state index contributed by atoms with van der Waals surface area (Å²) in [5, 5.41) is 12.7. The first-order chi connectivity index (χ1) is 9.70. The lowest BCUT2D eigenvalue weighted by atomic mass is 10.0. The van der Waals surface area contributed by atoms with Gasteiger partial charge in [-0.2, -0.15) is 0 Å². The molecule has 0 spiro atoms. The number of piperidine rings is 1. The minimum atomic E-state index is 0.178. The summed E-state index contributed by atoms with van der Waals surface area (Å²) in [6, 6.07) is 9.03. The first-order valence-corrected chi connectivity index (χ1v) is 7.89. The number of anilines is 1. The normalized spacial score (nSPS) is 17.5. The molecule has 20 heavy (non-hydrogen) atoms. The van der Waals surface area contributed by atoms with E-state index >= 15 is 0 Å². The lowest BCUT2D eigenvalue weighted by Gasteiger charge is -2.29. The smallest absolute Gasteiger partial charge is 0.0587 e. The van der Waals surface area contributed by atoms with Gasteiger partial charge >= 0.3 is 0 Å². The highest BCUT2D eigenvalue weighted by Gasteiger charge is 2.12. The van der Waals surface area contributed by atoms with Gasteiger partial charge in [0.05, 0.1) is 6.61 Å². The van der Waals surface area contributed by atoms with E-state index in [0.29, 0.717) is 5.92 Å². The van der Waals surface area contributed by atoms with Crippen molar-refractivity contribution in [2.45, 2.75) is 45.7 Å². The molecule has 3 nitrogen and oxygen atoms in total. The maximum Gasteiger partial charge on any atom is 0.0587 e. The molecule has 1 aromatic rings. The molecule has 2 rings (SSSR count). The van der Waals surface area contributed by atoms with Crippen LogP contribution in [0.3, 0.4) is 0 Å². The molecule has 1 heterocycles. The third-order valence-electron chi connectivity index (χ3n) is 4.23. The minimum absolute atomic E-state index is 0.178. The highest BCUT2D eigenvalue weighted by Crippen LogP contribution is 2.20. The molecule has 1 fully saturated rings. The van der Waals surface area contributed by atoms with Crippen molar-refractivity contribution in [2.75, 3.05) is 24.6 Å². The molecule has 0 aromatic heterocycles. The standard InChI is InChI=1S/C17H28N2O/c1-14(2)17(13-20)18-12-15-6-8-16(9-7-15)19-10-4-3-5-11-19/h6-9,14,17-18,20H,3-5,10-13H2,1-2H3. The van der Waals surface area contributed by atoms with Crippen LogP contribution < -0.4 is 10.2 Å². The fraction of sp³-hybridized carbons (Fsp3) is 0.647. The highest BCUT2D eigenvalue weighted by molar-refractivity contribution is 5.47. The van der Waals surface area contributed by atoms with Crippen LogP contribution in [-0.4, -0.2) is 30.8 Å². The average molecular weight is 276 g/mol. The number of hydrogen-bond acceptors (Lipinski definition) is 3. The number of nitrogens with zero attached hydrogens (tertiary/aromatic N) is 1. The number of benzene rings is 1. The summed E-state index contributed by atoms with van der Waals surface area (Å²) in [6.07, 6.45) is 4.00. The highest BCUT2D eigenvalue weighted by atomic mass is 16.3. The molecule has 0 aliphatic carbocycles. The van der Waals surface area contributed by atoms with Gasteiger partial charge in [0.1, 0.15) is 0 Å². The lowest BCUT2D eigenvalue weighted by Crippen LogP contribution is -2.36. The van der Waals surface area contributed by atoms with Crippen molar-refractivity contribution >= 4 is 5.69 Å². The summed E-state index contributed by atoms with van der Waals surface area (Å²) in [5.74, 6) is 0.452. The number of aliphatic hydroxyl groups excluding tert-OH is 1. The van der Waals surface area contributed by atoms with Crippen LogP contribution in [-0.2, 0) is 6.54 Å². The van der Waals surface area contributed by atoms with E-state index in [-0.39, 0.29) is 12.6 Å². The van der Waals surface area contributed by atoms with Gasteiger partial charge in [-0.3, -0.25) is 0 Å². The van der Waals surface area contributed by atoms with Crippen molar-refractivity contribution in [3.63, 3.8) is 0 Å². The summed E-state index contributed by atoms with van der Waals surface area (Å²) in [5.41, 5.74) is 2.63. The van der Waals surface area contributed by atoms with Crippen LogP contribution in [0.1, 0.15) is 38.7 Å². The van der Waals surface area contributed by atoms with E-state index in [1.807, 2.05) is 0 Å². The molecule has 1 unspecified atom stereocenters. The Labute approximate surface area is 123 Å². The van der Waals surface area contributed by atoms with Gasteiger partial charge in [-0.05, 0) is 42.9 Å².